The maximum atomic E-state index is 12.9. The van der Waals surface area contributed by atoms with Crippen molar-refractivity contribution in [1.29, 1.82) is 0 Å². The van der Waals surface area contributed by atoms with Crippen LogP contribution in [-0.4, -0.2) is 16.8 Å². The Kier molecular flexibility index (Phi) is 6.50. The summed E-state index contributed by atoms with van der Waals surface area (Å²) in [6.07, 6.45) is 4.17. The quantitative estimate of drug-likeness (QED) is 0.501. The van der Waals surface area contributed by atoms with Gasteiger partial charge >= 0.3 is 6.01 Å². The van der Waals surface area contributed by atoms with Crippen LogP contribution in [0.1, 0.15) is 37.9 Å². The summed E-state index contributed by atoms with van der Waals surface area (Å²) in [5.41, 5.74) is 6.21. The van der Waals surface area contributed by atoms with Crippen molar-refractivity contribution in [3.63, 3.8) is 0 Å². The predicted octanol–water partition coefficient (Wildman–Crippen LogP) is 3.23. The molecule has 25 heavy (non-hydrogen) atoms. The van der Waals surface area contributed by atoms with E-state index in [0.717, 1.165) is 12.5 Å². The van der Waals surface area contributed by atoms with Crippen molar-refractivity contribution < 1.29 is 18.4 Å². The first-order valence-corrected chi connectivity index (χ1v) is 8.01. The summed E-state index contributed by atoms with van der Waals surface area (Å²) in [6, 6.07) is 4.01. The lowest BCUT2D eigenvalue weighted by Gasteiger charge is -2.08. The molecule has 1 aromatic carbocycles. The van der Waals surface area contributed by atoms with Crippen LogP contribution in [0.2, 0.25) is 0 Å². The van der Waals surface area contributed by atoms with E-state index in [-0.39, 0.29) is 23.5 Å². The summed E-state index contributed by atoms with van der Waals surface area (Å²) >= 11 is 0. The fraction of sp³-hybridized carbons (Fsp3) is 0.353. The Balaban J connectivity index is 1.60. The number of benzene rings is 1. The molecule has 0 spiro atoms. The second-order valence-electron chi connectivity index (χ2n) is 5.66. The van der Waals surface area contributed by atoms with Gasteiger partial charge in [0.15, 0.2) is 0 Å². The Bertz CT molecular complexity index is 745. The van der Waals surface area contributed by atoms with E-state index in [1.54, 1.807) is 6.92 Å². The lowest BCUT2D eigenvalue weighted by molar-refractivity contribution is -0.116. The molecule has 8 heteroatoms. The van der Waals surface area contributed by atoms with E-state index >= 15 is 0 Å². The van der Waals surface area contributed by atoms with E-state index in [4.69, 9.17) is 10.2 Å². The highest BCUT2D eigenvalue weighted by atomic mass is 19.1. The highest BCUT2D eigenvalue weighted by molar-refractivity contribution is 5.93. The number of nitrogens with one attached hydrogen (secondary N) is 2. The number of aromatic nitrogens is 1. The van der Waals surface area contributed by atoms with Crippen molar-refractivity contribution in [3.8, 4) is 0 Å². The molecule has 134 valence electrons. The minimum atomic E-state index is -0.450. The average molecular weight is 348 g/mol. The number of nitrogen functional groups attached to an aromatic ring is 1. The van der Waals surface area contributed by atoms with Crippen molar-refractivity contribution in [3.05, 3.63) is 36.0 Å². The van der Waals surface area contributed by atoms with Gasteiger partial charge in [-0.05, 0) is 38.0 Å². The molecule has 0 fully saturated rings. The molecule has 7 nitrogen and oxygen atoms in total. The third-order valence-electron chi connectivity index (χ3n) is 3.46. The zero-order valence-electron chi connectivity index (χ0n) is 14.0. The molecular formula is C17H21FN4O3. The molecule has 1 heterocycles. The molecular weight excluding hydrogens is 327 g/mol. The van der Waals surface area contributed by atoms with E-state index < -0.39 is 5.82 Å². The van der Waals surface area contributed by atoms with Gasteiger partial charge in [-0.2, -0.15) is 0 Å². The Morgan fingerprint density at radius 1 is 1.16 bits per heavy atom. The van der Waals surface area contributed by atoms with Gasteiger partial charge in [-0.3, -0.25) is 14.9 Å². The molecule has 0 radical (unpaired) electrons. The van der Waals surface area contributed by atoms with Crippen LogP contribution in [0.3, 0.4) is 0 Å². The molecule has 0 aliphatic rings. The van der Waals surface area contributed by atoms with Crippen LogP contribution in [-0.2, 0) is 9.59 Å². The number of hydrogen-bond donors (Lipinski definition) is 3. The van der Waals surface area contributed by atoms with Crippen molar-refractivity contribution >= 4 is 29.2 Å². The monoisotopic (exact) mass is 348 g/mol. The minimum absolute atomic E-state index is 0.176. The first-order chi connectivity index (χ1) is 11.9. The van der Waals surface area contributed by atoms with Gasteiger partial charge in [-0.15, -0.1) is 0 Å². The number of unbranched alkanes of at least 4 members (excludes halogenated alkanes) is 2. The van der Waals surface area contributed by atoms with Crippen LogP contribution >= 0.6 is 0 Å². The number of anilines is 3. The first-order valence-electron chi connectivity index (χ1n) is 8.01. The standard InChI is InChI=1S/C17H21FN4O3/c1-11-10-20-17(25-11)22-16(24)6-4-2-3-5-15(23)21-14-8-7-12(18)9-13(14)19/h7-10H,2-6,19H2,1H3,(H,21,23)(H,20,22,24). The molecule has 0 bridgehead atoms. The highest BCUT2D eigenvalue weighted by Gasteiger charge is 2.08. The lowest BCUT2D eigenvalue weighted by atomic mass is 10.1. The molecule has 2 aromatic rings. The third-order valence-corrected chi connectivity index (χ3v) is 3.46. The SMILES string of the molecule is Cc1cnc(NC(=O)CCCCCC(=O)Nc2ccc(F)cc2N)o1. The van der Waals surface area contributed by atoms with Gasteiger partial charge < -0.3 is 15.5 Å². The smallest absolute Gasteiger partial charge is 0.301 e. The van der Waals surface area contributed by atoms with Crippen molar-refractivity contribution in [2.24, 2.45) is 0 Å². The zero-order valence-corrected chi connectivity index (χ0v) is 14.0. The molecule has 4 N–H and O–H groups in total. The fourth-order valence-corrected chi connectivity index (χ4v) is 2.20. The van der Waals surface area contributed by atoms with E-state index in [2.05, 4.69) is 15.6 Å². The zero-order chi connectivity index (χ0) is 18.2. The summed E-state index contributed by atoms with van der Waals surface area (Å²) in [5, 5.41) is 5.21. The lowest BCUT2D eigenvalue weighted by Crippen LogP contribution is -2.13. The van der Waals surface area contributed by atoms with Crippen LogP contribution in [0.25, 0.3) is 0 Å². The molecule has 0 aliphatic carbocycles. The summed E-state index contributed by atoms with van der Waals surface area (Å²) in [4.78, 5) is 27.4. The number of carbonyl (C=O) groups is 2. The molecule has 1 aromatic heterocycles. The number of hydrogen-bond acceptors (Lipinski definition) is 5. The van der Waals surface area contributed by atoms with Crippen molar-refractivity contribution in [2.45, 2.75) is 39.0 Å². The van der Waals surface area contributed by atoms with Crippen LogP contribution in [0.4, 0.5) is 21.8 Å². The van der Waals surface area contributed by atoms with E-state index in [1.807, 2.05) is 0 Å². The normalized spacial score (nSPS) is 10.5. The number of aryl methyl sites for hydroxylation is 1. The van der Waals surface area contributed by atoms with Crippen molar-refractivity contribution in [2.75, 3.05) is 16.4 Å². The summed E-state index contributed by atoms with van der Waals surface area (Å²) in [6.45, 7) is 1.74. The molecule has 0 atom stereocenters. The number of carbonyl (C=O) groups excluding carboxylic acids is 2. The van der Waals surface area contributed by atoms with Gasteiger partial charge in [0, 0.05) is 12.8 Å². The van der Waals surface area contributed by atoms with E-state index in [0.29, 0.717) is 37.1 Å². The van der Waals surface area contributed by atoms with Crippen LogP contribution in [0, 0.1) is 12.7 Å². The summed E-state index contributed by atoms with van der Waals surface area (Å²) in [7, 11) is 0. The van der Waals surface area contributed by atoms with Gasteiger partial charge in [0.2, 0.25) is 11.8 Å². The van der Waals surface area contributed by atoms with E-state index in [9.17, 15) is 14.0 Å². The second-order valence-corrected chi connectivity index (χ2v) is 5.66. The molecule has 0 saturated heterocycles. The number of halogens is 1. The van der Waals surface area contributed by atoms with Gasteiger partial charge in [-0.25, -0.2) is 9.37 Å². The Morgan fingerprint density at radius 3 is 2.44 bits per heavy atom. The largest absolute Gasteiger partial charge is 0.429 e. The predicted molar refractivity (Wildman–Crippen MR) is 92.4 cm³/mol. The fourth-order valence-electron chi connectivity index (χ4n) is 2.20. The average Bonchev–Trinajstić information content (AvgIpc) is 2.94. The van der Waals surface area contributed by atoms with E-state index in [1.165, 1.54) is 18.3 Å². The Morgan fingerprint density at radius 2 is 1.84 bits per heavy atom. The van der Waals surface area contributed by atoms with Gasteiger partial charge in [0.05, 0.1) is 17.6 Å². The number of oxazole rings is 1. The highest BCUT2D eigenvalue weighted by Crippen LogP contribution is 2.19. The maximum Gasteiger partial charge on any atom is 0.301 e. The van der Waals surface area contributed by atoms with Crippen LogP contribution < -0.4 is 16.4 Å². The number of nitrogens with zero attached hydrogens (tertiary/aromatic N) is 1. The maximum absolute atomic E-state index is 12.9. The number of amides is 2. The summed E-state index contributed by atoms with van der Waals surface area (Å²) < 4.78 is 18.1. The van der Waals surface area contributed by atoms with Crippen LogP contribution in [0.15, 0.2) is 28.8 Å². The Labute approximate surface area is 144 Å². The third kappa shape index (κ3) is 6.25. The second kappa shape index (κ2) is 8.81. The first kappa shape index (κ1) is 18.4. The summed E-state index contributed by atoms with van der Waals surface area (Å²) in [5.74, 6) is -0.194. The Hall–Kier alpha value is -2.90. The van der Waals surface area contributed by atoms with Gasteiger partial charge in [0.1, 0.15) is 11.6 Å². The van der Waals surface area contributed by atoms with Gasteiger partial charge in [0.25, 0.3) is 0 Å². The molecule has 0 saturated carbocycles. The molecule has 0 aliphatic heterocycles. The van der Waals surface area contributed by atoms with Crippen molar-refractivity contribution in [1.82, 2.24) is 4.98 Å². The number of nitrogens with two attached hydrogens (primary N) is 1. The molecule has 0 unspecified atom stereocenters. The number of rotatable bonds is 8. The topological polar surface area (TPSA) is 110 Å². The van der Waals surface area contributed by atoms with Crippen LogP contribution in [0.5, 0.6) is 0 Å². The minimum Gasteiger partial charge on any atom is -0.429 e. The molecule has 2 rings (SSSR count). The van der Waals surface area contributed by atoms with Gasteiger partial charge in [-0.1, -0.05) is 6.42 Å². The molecule has 2 amide bonds.